The number of ether oxygens (including phenoxy) is 1. The van der Waals surface area contributed by atoms with E-state index in [2.05, 4.69) is 44.3 Å². The van der Waals surface area contributed by atoms with E-state index in [1.54, 1.807) is 7.11 Å². The first-order chi connectivity index (χ1) is 8.04. The van der Waals surface area contributed by atoms with Crippen molar-refractivity contribution in [2.45, 2.75) is 52.7 Å². The van der Waals surface area contributed by atoms with E-state index >= 15 is 0 Å². The summed E-state index contributed by atoms with van der Waals surface area (Å²) in [6.45, 7) is 10.2. The summed E-state index contributed by atoms with van der Waals surface area (Å²) < 4.78 is 7.14. The molecule has 0 radical (unpaired) electrons. The van der Waals surface area contributed by atoms with Crippen molar-refractivity contribution in [3.8, 4) is 0 Å². The number of methoxy groups -OCH3 is 1. The molecule has 4 nitrogen and oxygen atoms in total. The van der Waals surface area contributed by atoms with Crippen molar-refractivity contribution < 1.29 is 4.74 Å². The average molecular weight is 239 g/mol. The van der Waals surface area contributed by atoms with Crippen LogP contribution in [0.25, 0.3) is 0 Å². The van der Waals surface area contributed by atoms with Gasteiger partial charge in [-0.2, -0.15) is 5.10 Å². The monoisotopic (exact) mass is 239 g/mol. The summed E-state index contributed by atoms with van der Waals surface area (Å²) in [4.78, 5) is 0. The fourth-order valence-electron chi connectivity index (χ4n) is 1.65. The largest absolute Gasteiger partial charge is 0.385 e. The fourth-order valence-corrected chi connectivity index (χ4v) is 1.65. The van der Waals surface area contributed by atoms with Crippen molar-refractivity contribution >= 4 is 0 Å². The number of aryl methyl sites for hydroxylation is 1. The molecule has 1 heterocycles. The van der Waals surface area contributed by atoms with E-state index in [0.717, 1.165) is 25.3 Å². The Hall–Kier alpha value is -0.870. The Labute approximate surface area is 104 Å². The van der Waals surface area contributed by atoms with E-state index in [0.29, 0.717) is 12.1 Å². The molecule has 0 aromatic carbocycles. The van der Waals surface area contributed by atoms with E-state index in [1.807, 2.05) is 4.68 Å². The van der Waals surface area contributed by atoms with Gasteiger partial charge in [0, 0.05) is 38.1 Å². The Kier molecular flexibility index (Phi) is 5.65. The Morgan fingerprint density at radius 3 is 2.71 bits per heavy atom. The highest BCUT2D eigenvalue weighted by Gasteiger charge is 2.10. The van der Waals surface area contributed by atoms with Crippen LogP contribution < -0.4 is 5.32 Å². The third-order valence-electron chi connectivity index (χ3n) is 2.91. The number of aromatic nitrogens is 2. The van der Waals surface area contributed by atoms with Crippen molar-refractivity contribution in [2.24, 2.45) is 0 Å². The SMILES string of the molecule is COCCC(C)n1cc(CNC(C)C)c(C)n1. The summed E-state index contributed by atoms with van der Waals surface area (Å²) in [5, 5.41) is 7.98. The average Bonchev–Trinajstić information content (AvgIpc) is 2.65. The highest BCUT2D eigenvalue weighted by Crippen LogP contribution is 2.14. The van der Waals surface area contributed by atoms with Gasteiger partial charge in [0.15, 0.2) is 0 Å². The van der Waals surface area contributed by atoms with Crippen molar-refractivity contribution in [2.75, 3.05) is 13.7 Å². The van der Waals surface area contributed by atoms with Crippen molar-refractivity contribution in [1.82, 2.24) is 15.1 Å². The maximum atomic E-state index is 5.10. The van der Waals surface area contributed by atoms with E-state index < -0.39 is 0 Å². The minimum Gasteiger partial charge on any atom is -0.385 e. The molecular weight excluding hydrogens is 214 g/mol. The number of hydrogen-bond acceptors (Lipinski definition) is 3. The van der Waals surface area contributed by atoms with Gasteiger partial charge in [0.1, 0.15) is 0 Å². The molecule has 0 amide bonds. The van der Waals surface area contributed by atoms with Crippen LogP contribution >= 0.6 is 0 Å². The topological polar surface area (TPSA) is 39.1 Å². The van der Waals surface area contributed by atoms with Gasteiger partial charge in [-0.1, -0.05) is 13.8 Å². The lowest BCUT2D eigenvalue weighted by Crippen LogP contribution is -2.21. The highest BCUT2D eigenvalue weighted by molar-refractivity contribution is 5.15. The molecule has 0 spiro atoms. The molecule has 0 aliphatic rings. The lowest BCUT2D eigenvalue weighted by molar-refractivity contribution is 0.178. The maximum Gasteiger partial charge on any atom is 0.0638 e. The maximum absolute atomic E-state index is 5.10. The molecule has 1 atom stereocenters. The smallest absolute Gasteiger partial charge is 0.0638 e. The normalized spacial score (nSPS) is 13.3. The highest BCUT2D eigenvalue weighted by atomic mass is 16.5. The molecule has 1 N–H and O–H groups in total. The van der Waals surface area contributed by atoms with Gasteiger partial charge < -0.3 is 10.1 Å². The van der Waals surface area contributed by atoms with E-state index in [4.69, 9.17) is 4.74 Å². The summed E-state index contributed by atoms with van der Waals surface area (Å²) >= 11 is 0. The Morgan fingerprint density at radius 1 is 1.41 bits per heavy atom. The van der Waals surface area contributed by atoms with Gasteiger partial charge in [-0.3, -0.25) is 4.68 Å². The molecule has 1 unspecified atom stereocenters. The minimum atomic E-state index is 0.390. The van der Waals surface area contributed by atoms with Gasteiger partial charge in [0.2, 0.25) is 0 Å². The zero-order valence-electron chi connectivity index (χ0n) is 11.7. The van der Waals surface area contributed by atoms with Crippen LogP contribution in [0.4, 0.5) is 0 Å². The summed E-state index contributed by atoms with van der Waals surface area (Å²) in [5.74, 6) is 0. The quantitative estimate of drug-likeness (QED) is 0.793. The molecule has 1 aromatic rings. The first-order valence-corrected chi connectivity index (χ1v) is 6.31. The molecule has 1 aromatic heterocycles. The predicted molar refractivity (Wildman–Crippen MR) is 70.1 cm³/mol. The zero-order chi connectivity index (χ0) is 12.8. The van der Waals surface area contributed by atoms with Crippen molar-refractivity contribution in [1.29, 1.82) is 0 Å². The van der Waals surface area contributed by atoms with Crippen LogP contribution in [0.2, 0.25) is 0 Å². The molecule has 0 aliphatic heterocycles. The first-order valence-electron chi connectivity index (χ1n) is 6.31. The fraction of sp³-hybridized carbons (Fsp3) is 0.769. The van der Waals surface area contributed by atoms with Crippen molar-refractivity contribution in [3.63, 3.8) is 0 Å². The molecular formula is C13H25N3O. The van der Waals surface area contributed by atoms with Gasteiger partial charge in [0.05, 0.1) is 11.7 Å². The van der Waals surface area contributed by atoms with Crippen LogP contribution in [-0.4, -0.2) is 29.5 Å². The summed E-state index contributed by atoms with van der Waals surface area (Å²) in [6.07, 6.45) is 3.14. The van der Waals surface area contributed by atoms with Gasteiger partial charge in [-0.05, 0) is 20.3 Å². The number of nitrogens with one attached hydrogen (secondary N) is 1. The second-order valence-electron chi connectivity index (χ2n) is 4.89. The van der Waals surface area contributed by atoms with Crippen LogP contribution in [0.3, 0.4) is 0 Å². The first kappa shape index (κ1) is 14.2. The van der Waals surface area contributed by atoms with Gasteiger partial charge in [-0.15, -0.1) is 0 Å². The van der Waals surface area contributed by atoms with E-state index in [9.17, 15) is 0 Å². The summed E-state index contributed by atoms with van der Waals surface area (Å²) in [5.41, 5.74) is 2.39. The van der Waals surface area contributed by atoms with Crippen LogP contribution in [0.1, 0.15) is 44.5 Å². The van der Waals surface area contributed by atoms with Gasteiger partial charge in [-0.25, -0.2) is 0 Å². The Morgan fingerprint density at radius 2 is 2.12 bits per heavy atom. The lowest BCUT2D eigenvalue weighted by atomic mass is 10.2. The summed E-state index contributed by atoms with van der Waals surface area (Å²) in [6, 6.07) is 0.894. The molecule has 0 fully saturated rings. The van der Waals surface area contributed by atoms with Crippen LogP contribution in [0.5, 0.6) is 0 Å². The van der Waals surface area contributed by atoms with E-state index in [-0.39, 0.29) is 0 Å². The van der Waals surface area contributed by atoms with Gasteiger partial charge in [0.25, 0.3) is 0 Å². The van der Waals surface area contributed by atoms with Crippen LogP contribution in [-0.2, 0) is 11.3 Å². The number of hydrogen-bond donors (Lipinski definition) is 1. The molecule has 17 heavy (non-hydrogen) atoms. The minimum absolute atomic E-state index is 0.390. The van der Waals surface area contributed by atoms with E-state index in [1.165, 1.54) is 5.56 Å². The third-order valence-corrected chi connectivity index (χ3v) is 2.91. The standard InChI is InChI=1S/C13H25N3O/c1-10(2)14-8-13-9-16(15-12(13)4)11(3)6-7-17-5/h9-11,14H,6-8H2,1-5H3. The van der Waals surface area contributed by atoms with Gasteiger partial charge >= 0.3 is 0 Å². The lowest BCUT2D eigenvalue weighted by Gasteiger charge is -2.11. The van der Waals surface area contributed by atoms with Crippen LogP contribution in [0.15, 0.2) is 6.20 Å². The molecule has 0 saturated carbocycles. The predicted octanol–water partition coefficient (Wildman–Crippen LogP) is 2.29. The Bertz CT molecular complexity index is 333. The second-order valence-corrected chi connectivity index (χ2v) is 4.89. The second kappa shape index (κ2) is 6.77. The number of nitrogens with zero attached hydrogens (tertiary/aromatic N) is 2. The molecule has 98 valence electrons. The Balaban J connectivity index is 2.60. The molecule has 0 aliphatic carbocycles. The number of rotatable bonds is 7. The molecule has 4 heteroatoms. The molecule has 0 bridgehead atoms. The zero-order valence-corrected chi connectivity index (χ0v) is 11.7. The molecule has 1 rings (SSSR count). The molecule has 0 saturated heterocycles. The third kappa shape index (κ3) is 4.48. The summed E-state index contributed by atoms with van der Waals surface area (Å²) in [7, 11) is 1.74. The van der Waals surface area contributed by atoms with Crippen molar-refractivity contribution in [3.05, 3.63) is 17.5 Å². The van der Waals surface area contributed by atoms with Crippen LogP contribution in [0, 0.1) is 6.92 Å².